The number of likely N-dealkylation sites (tertiary alicyclic amines) is 1. The molecule has 0 aromatic rings. The van der Waals surface area contributed by atoms with Crippen LogP contribution in [0.15, 0.2) is 0 Å². The molecule has 2 nitrogen and oxygen atoms in total. The Bertz CT molecular complexity index is 132. The van der Waals surface area contributed by atoms with Gasteiger partial charge in [0.2, 0.25) is 0 Å². The molecule has 1 unspecified atom stereocenters. The molecule has 2 rings (SSSR count). The minimum Gasteiger partial charge on any atom is -0.330 e. The lowest BCUT2D eigenvalue weighted by Gasteiger charge is -2.34. The molecule has 1 heterocycles. The first kappa shape index (κ1) is 7.56. The zero-order chi connectivity index (χ0) is 7.68. The van der Waals surface area contributed by atoms with E-state index in [1.807, 2.05) is 0 Å². The molecule has 2 N–H and O–H groups in total. The summed E-state index contributed by atoms with van der Waals surface area (Å²) in [5.41, 5.74) is 5.63. The van der Waals surface area contributed by atoms with Crippen LogP contribution in [0.2, 0.25) is 0 Å². The fourth-order valence-corrected chi connectivity index (χ4v) is 2.14. The van der Waals surface area contributed by atoms with Crippen molar-refractivity contribution in [2.75, 3.05) is 19.6 Å². The van der Waals surface area contributed by atoms with E-state index in [1.165, 1.54) is 38.8 Å². The molecule has 0 aromatic carbocycles. The zero-order valence-electron chi connectivity index (χ0n) is 7.13. The van der Waals surface area contributed by atoms with Gasteiger partial charge in [0.05, 0.1) is 0 Å². The van der Waals surface area contributed by atoms with E-state index in [2.05, 4.69) is 4.90 Å². The molecular formula is C9H18N2. The SMILES string of the molecule is NCC1CCN(C2CCC2)C1. The summed E-state index contributed by atoms with van der Waals surface area (Å²) < 4.78 is 0. The average molecular weight is 154 g/mol. The molecule has 1 atom stereocenters. The molecule has 0 aromatic heterocycles. The zero-order valence-corrected chi connectivity index (χ0v) is 7.13. The Morgan fingerprint density at radius 3 is 2.55 bits per heavy atom. The molecule has 0 bridgehead atoms. The van der Waals surface area contributed by atoms with Crippen LogP contribution in [-0.4, -0.2) is 30.6 Å². The van der Waals surface area contributed by atoms with Crippen molar-refractivity contribution in [3.63, 3.8) is 0 Å². The maximum absolute atomic E-state index is 5.63. The van der Waals surface area contributed by atoms with Gasteiger partial charge in [-0.2, -0.15) is 0 Å². The molecule has 0 radical (unpaired) electrons. The van der Waals surface area contributed by atoms with Gasteiger partial charge in [-0.25, -0.2) is 0 Å². The lowest BCUT2D eigenvalue weighted by Crippen LogP contribution is -2.38. The quantitative estimate of drug-likeness (QED) is 0.638. The van der Waals surface area contributed by atoms with Crippen LogP contribution in [0.25, 0.3) is 0 Å². The summed E-state index contributed by atoms with van der Waals surface area (Å²) in [5, 5.41) is 0. The predicted octanol–water partition coefficient (Wildman–Crippen LogP) is 0.819. The van der Waals surface area contributed by atoms with Gasteiger partial charge in [0.15, 0.2) is 0 Å². The van der Waals surface area contributed by atoms with Crippen LogP contribution in [-0.2, 0) is 0 Å². The van der Waals surface area contributed by atoms with Crippen molar-refractivity contribution in [1.29, 1.82) is 0 Å². The third-order valence-electron chi connectivity index (χ3n) is 3.24. The molecule has 0 spiro atoms. The lowest BCUT2D eigenvalue weighted by molar-refractivity contribution is 0.154. The van der Waals surface area contributed by atoms with Crippen LogP contribution in [0.3, 0.4) is 0 Å². The van der Waals surface area contributed by atoms with Gasteiger partial charge in [-0.15, -0.1) is 0 Å². The number of rotatable bonds is 2. The number of nitrogens with two attached hydrogens (primary N) is 1. The van der Waals surface area contributed by atoms with Crippen LogP contribution in [0.5, 0.6) is 0 Å². The first-order valence-electron chi connectivity index (χ1n) is 4.84. The standard InChI is InChI=1S/C9H18N2/c10-6-8-4-5-11(7-8)9-2-1-3-9/h8-9H,1-7,10H2. The summed E-state index contributed by atoms with van der Waals surface area (Å²) in [5.74, 6) is 0.801. The number of hydrogen-bond acceptors (Lipinski definition) is 2. The van der Waals surface area contributed by atoms with Gasteiger partial charge in [0, 0.05) is 12.6 Å². The molecule has 2 heteroatoms. The van der Waals surface area contributed by atoms with Crippen molar-refractivity contribution in [3.05, 3.63) is 0 Å². The summed E-state index contributed by atoms with van der Waals surface area (Å²) in [6.07, 6.45) is 5.68. The van der Waals surface area contributed by atoms with Crippen molar-refractivity contribution in [2.45, 2.75) is 31.7 Å². The van der Waals surface area contributed by atoms with Crippen molar-refractivity contribution in [1.82, 2.24) is 4.90 Å². The molecule has 11 heavy (non-hydrogen) atoms. The van der Waals surface area contributed by atoms with Crippen molar-refractivity contribution < 1.29 is 0 Å². The second-order valence-corrected chi connectivity index (χ2v) is 3.97. The Morgan fingerprint density at radius 2 is 2.09 bits per heavy atom. The van der Waals surface area contributed by atoms with E-state index in [0.29, 0.717) is 0 Å². The summed E-state index contributed by atoms with van der Waals surface area (Å²) in [6, 6.07) is 0.937. The predicted molar refractivity (Wildman–Crippen MR) is 46.4 cm³/mol. The summed E-state index contributed by atoms with van der Waals surface area (Å²) in [4.78, 5) is 2.64. The molecule has 1 saturated carbocycles. The topological polar surface area (TPSA) is 29.3 Å². The fraction of sp³-hybridized carbons (Fsp3) is 1.00. The second-order valence-electron chi connectivity index (χ2n) is 3.97. The van der Waals surface area contributed by atoms with Gasteiger partial charge in [0.1, 0.15) is 0 Å². The Labute approximate surface area is 68.7 Å². The third-order valence-corrected chi connectivity index (χ3v) is 3.24. The largest absolute Gasteiger partial charge is 0.330 e. The van der Waals surface area contributed by atoms with E-state index in [0.717, 1.165) is 18.5 Å². The first-order valence-corrected chi connectivity index (χ1v) is 4.84. The molecule has 64 valence electrons. The molecule has 2 fully saturated rings. The van der Waals surface area contributed by atoms with E-state index in [4.69, 9.17) is 5.73 Å². The van der Waals surface area contributed by atoms with E-state index < -0.39 is 0 Å². The second kappa shape index (κ2) is 3.11. The minimum absolute atomic E-state index is 0.801. The molecule has 1 saturated heterocycles. The maximum Gasteiger partial charge on any atom is 0.00954 e. The van der Waals surface area contributed by atoms with Gasteiger partial charge in [0.25, 0.3) is 0 Å². The maximum atomic E-state index is 5.63. The van der Waals surface area contributed by atoms with Crippen molar-refractivity contribution in [2.24, 2.45) is 11.7 Å². The Hall–Kier alpha value is -0.0800. The molecular weight excluding hydrogens is 136 g/mol. The van der Waals surface area contributed by atoms with Crippen LogP contribution in [0.1, 0.15) is 25.7 Å². The van der Waals surface area contributed by atoms with E-state index in [-0.39, 0.29) is 0 Å². The smallest absolute Gasteiger partial charge is 0.00954 e. The van der Waals surface area contributed by atoms with Gasteiger partial charge < -0.3 is 10.6 Å². The first-order chi connectivity index (χ1) is 5.40. The lowest BCUT2D eigenvalue weighted by atomic mass is 9.92. The normalized spacial score (nSPS) is 34.1. The number of hydrogen-bond donors (Lipinski definition) is 1. The van der Waals surface area contributed by atoms with Gasteiger partial charge >= 0.3 is 0 Å². The van der Waals surface area contributed by atoms with Crippen LogP contribution >= 0.6 is 0 Å². The summed E-state index contributed by atoms with van der Waals surface area (Å²) >= 11 is 0. The van der Waals surface area contributed by atoms with Crippen molar-refractivity contribution >= 4 is 0 Å². The highest BCUT2D eigenvalue weighted by molar-refractivity contribution is 4.86. The minimum atomic E-state index is 0.801. The van der Waals surface area contributed by atoms with Gasteiger partial charge in [-0.3, -0.25) is 0 Å². The van der Waals surface area contributed by atoms with Gasteiger partial charge in [-0.05, 0) is 38.3 Å². The molecule has 1 aliphatic heterocycles. The monoisotopic (exact) mass is 154 g/mol. The molecule has 0 amide bonds. The highest BCUT2D eigenvalue weighted by Crippen LogP contribution is 2.29. The summed E-state index contributed by atoms with van der Waals surface area (Å²) in [6.45, 7) is 3.48. The van der Waals surface area contributed by atoms with Crippen LogP contribution in [0, 0.1) is 5.92 Å². The average Bonchev–Trinajstić information content (AvgIpc) is 2.32. The van der Waals surface area contributed by atoms with Crippen LogP contribution < -0.4 is 5.73 Å². The van der Waals surface area contributed by atoms with E-state index >= 15 is 0 Å². The molecule has 1 aliphatic carbocycles. The Kier molecular flexibility index (Phi) is 2.14. The highest BCUT2D eigenvalue weighted by Gasteiger charge is 2.30. The van der Waals surface area contributed by atoms with Crippen LogP contribution in [0.4, 0.5) is 0 Å². The number of nitrogens with zero attached hydrogens (tertiary/aromatic N) is 1. The third kappa shape index (κ3) is 1.42. The Morgan fingerprint density at radius 1 is 1.27 bits per heavy atom. The van der Waals surface area contributed by atoms with E-state index in [1.54, 1.807) is 0 Å². The molecule has 2 aliphatic rings. The summed E-state index contributed by atoms with van der Waals surface area (Å²) in [7, 11) is 0. The highest BCUT2D eigenvalue weighted by atomic mass is 15.2. The fourth-order valence-electron chi connectivity index (χ4n) is 2.14. The van der Waals surface area contributed by atoms with E-state index in [9.17, 15) is 0 Å². The van der Waals surface area contributed by atoms with Crippen molar-refractivity contribution in [3.8, 4) is 0 Å². The Balaban J connectivity index is 1.79. The van der Waals surface area contributed by atoms with Gasteiger partial charge in [-0.1, -0.05) is 6.42 Å².